The van der Waals surface area contributed by atoms with E-state index in [0.717, 1.165) is 40.7 Å². The second kappa shape index (κ2) is 6.95. The third-order valence-electron chi connectivity index (χ3n) is 5.73. The summed E-state index contributed by atoms with van der Waals surface area (Å²) in [5, 5.41) is 0.989. The number of amides is 1. The Bertz CT molecular complexity index is 1210. The molecule has 3 aromatic heterocycles. The van der Waals surface area contributed by atoms with E-state index in [1.807, 2.05) is 47.5 Å². The molecule has 1 fully saturated rings. The molecule has 1 amide bonds. The number of carbonyl (C=O) groups is 1. The number of carbonyl (C=O) groups excluding carboxylic acids is 1. The van der Waals surface area contributed by atoms with Crippen molar-refractivity contribution in [3.63, 3.8) is 0 Å². The molecule has 6 heteroatoms. The third kappa shape index (κ3) is 3.05. The number of likely N-dealkylation sites (tertiary alicyclic amines) is 1. The summed E-state index contributed by atoms with van der Waals surface area (Å²) in [6.07, 6.45) is 6.35. The van der Waals surface area contributed by atoms with Gasteiger partial charge in [-0.3, -0.25) is 14.8 Å². The maximum Gasteiger partial charge on any atom is 0.253 e. The van der Waals surface area contributed by atoms with Crippen molar-refractivity contribution in [1.29, 1.82) is 0 Å². The van der Waals surface area contributed by atoms with E-state index < -0.39 is 0 Å². The lowest BCUT2D eigenvalue weighted by atomic mass is 10.1. The maximum absolute atomic E-state index is 13.1. The first-order valence-corrected chi connectivity index (χ1v) is 10.1. The van der Waals surface area contributed by atoms with Crippen LogP contribution in [-0.4, -0.2) is 43.4 Å². The fraction of sp³-hybridized carbons (Fsp3) is 0.304. The number of nitrogens with zero attached hydrogens (tertiary/aromatic N) is 5. The molecule has 29 heavy (non-hydrogen) atoms. The van der Waals surface area contributed by atoms with Gasteiger partial charge < -0.3 is 9.47 Å². The Kier molecular flexibility index (Phi) is 4.27. The van der Waals surface area contributed by atoms with Gasteiger partial charge in [-0.2, -0.15) is 0 Å². The first kappa shape index (κ1) is 17.8. The Labute approximate surface area is 169 Å². The van der Waals surface area contributed by atoms with Crippen LogP contribution in [0.2, 0.25) is 0 Å². The van der Waals surface area contributed by atoms with Crippen molar-refractivity contribution in [2.45, 2.75) is 32.2 Å². The van der Waals surface area contributed by atoms with Crippen LogP contribution in [0, 0.1) is 0 Å². The highest BCUT2D eigenvalue weighted by atomic mass is 16.2. The Morgan fingerprint density at radius 2 is 2.03 bits per heavy atom. The molecule has 5 rings (SSSR count). The zero-order chi connectivity index (χ0) is 20.0. The second-order valence-electron chi connectivity index (χ2n) is 7.95. The molecule has 0 N–H and O–H groups in total. The van der Waals surface area contributed by atoms with Crippen molar-refractivity contribution >= 4 is 27.8 Å². The van der Waals surface area contributed by atoms with E-state index in [9.17, 15) is 4.79 Å². The summed E-state index contributed by atoms with van der Waals surface area (Å²) in [4.78, 5) is 28.6. The van der Waals surface area contributed by atoms with Crippen molar-refractivity contribution in [2.75, 3.05) is 13.1 Å². The standard InChI is InChI=1S/C23H23N5O/c1-15(2)28-21-13-24-10-7-20(21)26-22(28)18-8-11-27(14-18)23(29)17-5-6-19-16(12-17)4-3-9-25-19/h3-7,9-10,12-13,15,18H,8,11,14H2,1-2H3/t18-/m1/s1. The monoisotopic (exact) mass is 385 g/mol. The predicted molar refractivity (Wildman–Crippen MR) is 113 cm³/mol. The molecule has 0 unspecified atom stereocenters. The van der Waals surface area contributed by atoms with Gasteiger partial charge in [-0.15, -0.1) is 0 Å². The van der Waals surface area contributed by atoms with Gasteiger partial charge in [-0.25, -0.2) is 4.98 Å². The van der Waals surface area contributed by atoms with E-state index in [0.29, 0.717) is 12.1 Å². The summed E-state index contributed by atoms with van der Waals surface area (Å²) in [6.45, 7) is 5.76. The summed E-state index contributed by atoms with van der Waals surface area (Å²) in [6, 6.07) is 11.9. The maximum atomic E-state index is 13.1. The van der Waals surface area contributed by atoms with Gasteiger partial charge in [0, 0.05) is 48.4 Å². The van der Waals surface area contributed by atoms with Crippen molar-refractivity contribution in [2.24, 2.45) is 0 Å². The van der Waals surface area contributed by atoms with E-state index in [1.165, 1.54) is 0 Å². The summed E-state index contributed by atoms with van der Waals surface area (Å²) in [5.41, 5.74) is 3.65. The van der Waals surface area contributed by atoms with Crippen LogP contribution in [0.25, 0.3) is 21.9 Å². The topological polar surface area (TPSA) is 63.9 Å². The number of rotatable bonds is 3. The Morgan fingerprint density at radius 3 is 2.90 bits per heavy atom. The number of imidazole rings is 1. The minimum absolute atomic E-state index is 0.0760. The summed E-state index contributed by atoms with van der Waals surface area (Å²) in [5.74, 6) is 1.36. The molecule has 4 heterocycles. The van der Waals surface area contributed by atoms with Gasteiger partial charge in [0.05, 0.1) is 22.7 Å². The van der Waals surface area contributed by atoms with Gasteiger partial charge in [-0.1, -0.05) is 6.07 Å². The lowest BCUT2D eigenvalue weighted by Gasteiger charge is -2.19. The minimum Gasteiger partial charge on any atom is -0.338 e. The van der Waals surface area contributed by atoms with Crippen LogP contribution in [0.15, 0.2) is 55.0 Å². The molecule has 0 bridgehead atoms. The number of hydrogen-bond donors (Lipinski definition) is 0. The van der Waals surface area contributed by atoms with Gasteiger partial charge in [0.2, 0.25) is 0 Å². The van der Waals surface area contributed by atoms with Crippen LogP contribution in [0.1, 0.15) is 48.4 Å². The molecule has 146 valence electrons. The molecule has 0 aliphatic carbocycles. The number of aromatic nitrogens is 4. The lowest BCUT2D eigenvalue weighted by Crippen LogP contribution is -2.28. The number of benzene rings is 1. The molecule has 0 radical (unpaired) electrons. The molecule has 1 aliphatic rings. The van der Waals surface area contributed by atoms with E-state index in [2.05, 4.69) is 28.4 Å². The van der Waals surface area contributed by atoms with Crippen LogP contribution in [0.4, 0.5) is 0 Å². The average Bonchev–Trinajstić information content (AvgIpc) is 3.37. The summed E-state index contributed by atoms with van der Waals surface area (Å²) < 4.78 is 2.27. The minimum atomic E-state index is 0.0760. The molecule has 4 aromatic rings. The van der Waals surface area contributed by atoms with Gasteiger partial charge in [-0.05, 0) is 50.6 Å². The summed E-state index contributed by atoms with van der Waals surface area (Å²) in [7, 11) is 0. The van der Waals surface area contributed by atoms with E-state index in [1.54, 1.807) is 12.4 Å². The lowest BCUT2D eigenvalue weighted by molar-refractivity contribution is 0.0790. The molecular weight excluding hydrogens is 362 g/mol. The van der Waals surface area contributed by atoms with Gasteiger partial charge in [0.25, 0.3) is 5.91 Å². The second-order valence-corrected chi connectivity index (χ2v) is 7.95. The zero-order valence-corrected chi connectivity index (χ0v) is 16.6. The highest BCUT2D eigenvalue weighted by Gasteiger charge is 2.32. The van der Waals surface area contributed by atoms with Crippen LogP contribution in [0.5, 0.6) is 0 Å². The van der Waals surface area contributed by atoms with Gasteiger partial charge in [0.15, 0.2) is 0 Å². The Hall–Kier alpha value is -3.28. The number of fused-ring (bicyclic) bond motifs is 2. The van der Waals surface area contributed by atoms with E-state index in [-0.39, 0.29) is 17.9 Å². The fourth-order valence-corrected chi connectivity index (χ4v) is 4.34. The van der Waals surface area contributed by atoms with Crippen LogP contribution in [0.3, 0.4) is 0 Å². The van der Waals surface area contributed by atoms with Crippen LogP contribution >= 0.6 is 0 Å². The highest BCUT2D eigenvalue weighted by molar-refractivity contribution is 5.98. The van der Waals surface area contributed by atoms with Crippen molar-refractivity contribution in [1.82, 2.24) is 24.4 Å². The number of pyridine rings is 2. The highest BCUT2D eigenvalue weighted by Crippen LogP contribution is 2.32. The molecule has 1 aromatic carbocycles. The molecule has 6 nitrogen and oxygen atoms in total. The van der Waals surface area contributed by atoms with Crippen molar-refractivity contribution in [3.05, 3.63) is 66.4 Å². The van der Waals surface area contributed by atoms with Crippen LogP contribution < -0.4 is 0 Å². The quantitative estimate of drug-likeness (QED) is 0.530. The molecule has 0 saturated carbocycles. The van der Waals surface area contributed by atoms with E-state index >= 15 is 0 Å². The number of hydrogen-bond acceptors (Lipinski definition) is 4. The Balaban J connectivity index is 1.43. The van der Waals surface area contributed by atoms with Crippen LogP contribution in [-0.2, 0) is 0 Å². The molecule has 1 atom stereocenters. The van der Waals surface area contributed by atoms with E-state index in [4.69, 9.17) is 4.98 Å². The molecule has 0 spiro atoms. The molecular formula is C23H23N5O. The van der Waals surface area contributed by atoms with Gasteiger partial charge in [0.1, 0.15) is 5.82 Å². The molecule has 1 aliphatic heterocycles. The fourth-order valence-electron chi connectivity index (χ4n) is 4.34. The normalized spacial score (nSPS) is 16.9. The molecule has 1 saturated heterocycles. The third-order valence-corrected chi connectivity index (χ3v) is 5.73. The SMILES string of the molecule is CC(C)n1c([C@@H]2CCN(C(=O)c3ccc4ncccc4c3)C2)nc2ccncc21. The first-order chi connectivity index (χ1) is 14.1. The average molecular weight is 385 g/mol. The zero-order valence-electron chi connectivity index (χ0n) is 16.6. The van der Waals surface area contributed by atoms with Gasteiger partial charge >= 0.3 is 0 Å². The largest absolute Gasteiger partial charge is 0.338 e. The smallest absolute Gasteiger partial charge is 0.253 e. The van der Waals surface area contributed by atoms with Crippen molar-refractivity contribution in [3.8, 4) is 0 Å². The first-order valence-electron chi connectivity index (χ1n) is 10.1. The Morgan fingerprint density at radius 1 is 1.14 bits per heavy atom. The summed E-state index contributed by atoms with van der Waals surface area (Å²) >= 11 is 0. The van der Waals surface area contributed by atoms with Crippen molar-refractivity contribution < 1.29 is 4.79 Å². The predicted octanol–water partition coefficient (Wildman–Crippen LogP) is 4.19.